The quantitative estimate of drug-likeness (QED) is 0.301. The monoisotopic (exact) mass is 607 g/mol. The van der Waals surface area contributed by atoms with Crippen LogP contribution >= 0.6 is 24.0 Å². The van der Waals surface area contributed by atoms with Crippen molar-refractivity contribution in [1.29, 1.82) is 0 Å². The molecule has 3 aromatic rings. The number of carboxylic acids is 1. The minimum absolute atomic E-state index is 0. The van der Waals surface area contributed by atoms with Crippen molar-refractivity contribution in [3.8, 4) is 11.1 Å². The van der Waals surface area contributed by atoms with E-state index in [0.29, 0.717) is 23.9 Å². The Morgan fingerprint density at radius 2 is 1.76 bits per heavy atom. The highest BCUT2D eigenvalue weighted by Crippen LogP contribution is 2.38. The van der Waals surface area contributed by atoms with Crippen LogP contribution in [0.15, 0.2) is 48.7 Å². The maximum Gasteiger partial charge on any atom is 0.339 e. The summed E-state index contributed by atoms with van der Waals surface area (Å²) < 4.78 is 28.9. The van der Waals surface area contributed by atoms with Crippen LogP contribution in [0.4, 0.5) is 20.2 Å². The van der Waals surface area contributed by atoms with Crippen molar-refractivity contribution in [2.45, 2.75) is 39.2 Å². The van der Waals surface area contributed by atoms with Crippen molar-refractivity contribution < 1.29 is 18.7 Å². The van der Waals surface area contributed by atoms with Gasteiger partial charge in [0.2, 0.25) is 0 Å². The lowest BCUT2D eigenvalue weighted by Crippen LogP contribution is -2.47. The number of alkyl halides is 2. The maximum absolute atomic E-state index is 13.9. The zero-order valence-electron chi connectivity index (χ0n) is 23.3. The molecule has 5 rings (SSSR count). The number of hydrogen-bond donors (Lipinski definition) is 1. The van der Waals surface area contributed by atoms with Crippen molar-refractivity contribution in [3.63, 3.8) is 0 Å². The van der Waals surface area contributed by atoms with E-state index < -0.39 is 23.7 Å². The molecule has 3 heterocycles. The highest BCUT2D eigenvalue weighted by Gasteiger charge is 2.31. The van der Waals surface area contributed by atoms with Crippen LogP contribution < -0.4 is 9.80 Å². The van der Waals surface area contributed by atoms with Crippen LogP contribution in [0.1, 0.15) is 55.2 Å². The largest absolute Gasteiger partial charge is 0.478 e. The summed E-state index contributed by atoms with van der Waals surface area (Å²) in [6.07, 6.45) is -0.517. The molecule has 0 amide bonds. The molecule has 0 unspecified atom stereocenters. The molecule has 2 saturated heterocycles. The van der Waals surface area contributed by atoms with Gasteiger partial charge in [-0.25, -0.2) is 13.6 Å². The van der Waals surface area contributed by atoms with E-state index in [-0.39, 0.29) is 18.4 Å². The maximum atomic E-state index is 13.9. The Labute approximate surface area is 251 Å². The Morgan fingerprint density at radius 1 is 1.05 bits per heavy atom. The number of halogens is 4. The molecule has 1 aromatic heterocycles. The summed E-state index contributed by atoms with van der Waals surface area (Å²) in [4.78, 5) is 18.6. The Morgan fingerprint density at radius 3 is 2.39 bits per heavy atom. The third kappa shape index (κ3) is 6.96. The SMILES string of the molecule is CC(C)CN1CCN(c2ccc(-c3ccc(Cl)cc3N3CCC[C@@H](n4ncc(C(=O)O)c4C(F)F)C3)cc2)CC1.Cl. The molecular formula is C30H37Cl2F2N5O2. The molecule has 2 fully saturated rings. The zero-order valence-corrected chi connectivity index (χ0v) is 24.9. The minimum atomic E-state index is -2.93. The molecule has 0 spiro atoms. The molecule has 2 aliphatic heterocycles. The Bertz CT molecular complexity index is 1330. The number of hydrogen-bond acceptors (Lipinski definition) is 5. The van der Waals surface area contributed by atoms with Gasteiger partial charge >= 0.3 is 5.97 Å². The molecule has 0 bridgehead atoms. The van der Waals surface area contributed by atoms with E-state index in [9.17, 15) is 18.7 Å². The summed E-state index contributed by atoms with van der Waals surface area (Å²) in [5.74, 6) is -0.727. The van der Waals surface area contributed by atoms with Crippen molar-refractivity contribution in [2.75, 3.05) is 55.6 Å². The summed E-state index contributed by atoms with van der Waals surface area (Å²) in [6, 6.07) is 14.0. The molecule has 2 aromatic carbocycles. The van der Waals surface area contributed by atoms with Gasteiger partial charge in [0.25, 0.3) is 6.43 Å². The molecule has 222 valence electrons. The molecule has 1 N–H and O–H groups in total. The normalized spacial score (nSPS) is 18.2. The molecule has 1 atom stereocenters. The van der Waals surface area contributed by atoms with Gasteiger partial charge in [0, 0.05) is 67.8 Å². The standard InChI is InChI=1S/C30H36ClF2N5O2.ClH/c1-20(2)18-35-12-14-36(15-13-35)23-8-5-21(6-9-23)25-10-7-22(31)16-27(25)37-11-3-4-24(19-37)38-28(29(32)33)26(17-34-38)30(39)40;/h5-10,16-17,20,24,29H,3-4,11-15,18-19H2,1-2H3,(H,39,40);1H/t24-;/m1./s1. The molecule has 41 heavy (non-hydrogen) atoms. The first kappa shape index (κ1) is 31.1. The summed E-state index contributed by atoms with van der Waals surface area (Å²) in [5.41, 5.74) is 3.21. The lowest BCUT2D eigenvalue weighted by molar-refractivity contribution is 0.0681. The van der Waals surface area contributed by atoms with E-state index >= 15 is 0 Å². The van der Waals surface area contributed by atoms with Gasteiger partial charge in [-0.15, -0.1) is 12.4 Å². The number of aromatic nitrogens is 2. The number of aromatic carboxylic acids is 1. The number of anilines is 2. The first-order valence-electron chi connectivity index (χ1n) is 13.9. The van der Waals surface area contributed by atoms with Crippen molar-refractivity contribution in [1.82, 2.24) is 14.7 Å². The molecule has 11 heteroatoms. The van der Waals surface area contributed by atoms with E-state index in [1.54, 1.807) is 0 Å². The van der Waals surface area contributed by atoms with E-state index in [1.165, 1.54) is 10.4 Å². The predicted octanol–water partition coefficient (Wildman–Crippen LogP) is 6.88. The third-order valence-corrected chi connectivity index (χ3v) is 8.09. The molecule has 0 aliphatic carbocycles. The average molecular weight is 609 g/mol. The topological polar surface area (TPSA) is 64.8 Å². The number of piperazine rings is 1. The van der Waals surface area contributed by atoms with E-state index in [4.69, 9.17) is 11.6 Å². The number of rotatable bonds is 8. The zero-order chi connectivity index (χ0) is 28.4. The average Bonchev–Trinajstić information content (AvgIpc) is 3.40. The van der Waals surface area contributed by atoms with Gasteiger partial charge in [-0.05, 0) is 48.6 Å². The van der Waals surface area contributed by atoms with Gasteiger partial charge in [0.05, 0.1) is 12.2 Å². The van der Waals surface area contributed by atoms with Gasteiger partial charge in [-0.2, -0.15) is 5.10 Å². The second-order valence-corrected chi connectivity index (χ2v) is 11.6. The van der Waals surface area contributed by atoms with Crippen LogP contribution in [0, 0.1) is 5.92 Å². The molecule has 7 nitrogen and oxygen atoms in total. The van der Waals surface area contributed by atoms with Gasteiger partial charge in [-0.1, -0.05) is 43.6 Å². The van der Waals surface area contributed by atoms with E-state index in [0.717, 1.165) is 68.7 Å². The number of nitrogens with zero attached hydrogens (tertiary/aromatic N) is 5. The second kappa shape index (κ2) is 13.4. The van der Waals surface area contributed by atoms with Gasteiger partial charge < -0.3 is 14.9 Å². The van der Waals surface area contributed by atoms with Crippen molar-refractivity contribution >= 4 is 41.4 Å². The van der Waals surface area contributed by atoms with Crippen molar-refractivity contribution in [2.24, 2.45) is 5.92 Å². The molecular weight excluding hydrogens is 571 g/mol. The highest BCUT2D eigenvalue weighted by atomic mass is 35.5. The lowest BCUT2D eigenvalue weighted by atomic mass is 9.99. The Balaban J connectivity index is 0.00000387. The Hall–Kier alpha value is -2.88. The first-order valence-corrected chi connectivity index (χ1v) is 14.3. The minimum Gasteiger partial charge on any atom is -0.478 e. The summed E-state index contributed by atoms with van der Waals surface area (Å²) >= 11 is 6.43. The van der Waals surface area contributed by atoms with Crippen LogP contribution in [0.5, 0.6) is 0 Å². The third-order valence-electron chi connectivity index (χ3n) is 7.85. The smallest absolute Gasteiger partial charge is 0.339 e. The number of piperidine rings is 1. The number of carbonyl (C=O) groups is 1. The predicted molar refractivity (Wildman–Crippen MR) is 162 cm³/mol. The Kier molecular flexibility index (Phi) is 10.2. The van der Waals surface area contributed by atoms with Crippen LogP contribution in [-0.2, 0) is 0 Å². The molecule has 2 aliphatic rings. The number of benzene rings is 2. The van der Waals surface area contributed by atoms with Gasteiger partial charge in [0.1, 0.15) is 11.3 Å². The highest BCUT2D eigenvalue weighted by molar-refractivity contribution is 6.31. The number of carboxylic acid groups (broad SMARTS) is 1. The second-order valence-electron chi connectivity index (χ2n) is 11.1. The van der Waals surface area contributed by atoms with E-state index in [2.05, 4.69) is 57.9 Å². The fraction of sp³-hybridized carbons (Fsp3) is 0.467. The summed E-state index contributed by atoms with van der Waals surface area (Å²) in [5, 5.41) is 14.0. The summed E-state index contributed by atoms with van der Waals surface area (Å²) in [7, 11) is 0. The first-order chi connectivity index (χ1) is 19.2. The molecule has 0 saturated carbocycles. The van der Waals surface area contributed by atoms with Gasteiger partial charge in [0.15, 0.2) is 0 Å². The fourth-order valence-corrected chi connectivity index (χ4v) is 6.15. The summed E-state index contributed by atoms with van der Waals surface area (Å²) in [6.45, 7) is 10.9. The fourth-order valence-electron chi connectivity index (χ4n) is 5.99. The van der Waals surface area contributed by atoms with Crippen LogP contribution in [0.25, 0.3) is 11.1 Å². The lowest BCUT2D eigenvalue weighted by Gasteiger charge is -2.37. The van der Waals surface area contributed by atoms with Gasteiger partial charge in [-0.3, -0.25) is 9.58 Å². The van der Waals surface area contributed by atoms with E-state index in [1.807, 2.05) is 18.2 Å². The van der Waals surface area contributed by atoms with Crippen LogP contribution in [0.3, 0.4) is 0 Å². The molecule has 0 radical (unpaired) electrons. The van der Waals surface area contributed by atoms with Crippen molar-refractivity contribution in [3.05, 3.63) is 64.9 Å². The van der Waals surface area contributed by atoms with Crippen LogP contribution in [0.2, 0.25) is 5.02 Å². The van der Waals surface area contributed by atoms with Crippen LogP contribution in [-0.4, -0.2) is 71.6 Å².